The summed E-state index contributed by atoms with van der Waals surface area (Å²) in [6.07, 6.45) is 0. The third kappa shape index (κ3) is 3.39. The Labute approximate surface area is 120 Å². The highest BCUT2D eigenvalue weighted by Gasteiger charge is 2.16. The lowest BCUT2D eigenvalue weighted by molar-refractivity contribution is 0.0799. The fourth-order valence-electron chi connectivity index (χ4n) is 2.04. The first-order chi connectivity index (χ1) is 9.52. The summed E-state index contributed by atoms with van der Waals surface area (Å²) < 4.78 is 5.70. The largest absolute Gasteiger partial charge is 0.451 e. The summed E-state index contributed by atoms with van der Waals surface area (Å²) >= 11 is 0. The molecule has 1 heterocycles. The summed E-state index contributed by atoms with van der Waals surface area (Å²) in [5.41, 5.74) is 3.03. The van der Waals surface area contributed by atoms with Gasteiger partial charge in [-0.3, -0.25) is 4.79 Å². The molecule has 0 bridgehead atoms. The maximum atomic E-state index is 11.9. The zero-order chi connectivity index (χ0) is 15.3. The highest BCUT2D eigenvalue weighted by molar-refractivity contribution is 5.96. The summed E-state index contributed by atoms with van der Waals surface area (Å²) in [7, 11) is 5.33. The lowest BCUT2D eigenvalue weighted by Crippen LogP contribution is -2.20. The van der Waals surface area contributed by atoms with E-state index >= 15 is 0 Å². The Balaban J connectivity index is 0.000000956. The van der Waals surface area contributed by atoms with Crippen molar-refractivity contribution in [1.82, 2.24) is 10.2 Å². The second kappa shape index (κ2) is 7.10. The third-order valence-corrected chi connectivity index (χ3v) is 2.82. The molecule has 0 aliphatic heterocycles. The normalized spacial score (nSPS) is 10.1. The first kappa shape index (κ1) is 16.2. The van der Waals surface area contributed by atoms with E-state index in [-0.39, 0.29) is 5.91 Å². The van der Waals surface area contributed by atoms with Crippen LogP contribution in [0.3, 0.4) is 0 Å². The van der Waals surface area contributed by atoms with Gasteiger partial charge in [0.1, 0.15) is 5.58 Å². The van der Waals surface area contributed by atoms with Crippen LogP contribution in [0.15, 0.2) is 22.6 Å². The number of hydrogen-bond acceptors (Lipinski definition) is 3. The van der Waals surface area contributed by atoms with Gasteiger partial charge in [-0.05, 0) is 31.7 Å². The number of rotatable bonds is 3. The molecule has 20 heavy (non-hydrogen) atoms. The van der Waals surface area contributed by atoms with Gasteiger partial charge in [-0.1, -0.05) is 19.9 Å². The molecule has 0 radical (unpaired) electrons. The van der Waals surface area contributed by atoms with Crippen molar-refractivity contribution >= 4 is 16.9 Å². The molecule has 1 aromatic heterocycles. The molecule has 1 amide bonds. The van der Waals surface area contributed by atoms with Gasteiger partial charge in [0.15, 0.2) is 5.76 Å². The molecule has 4 heteroatoms. The number of nitrogens with zero attached hydrogens (tertiary/aromatic N) is 1. The molecule has 0 fully saturated rings. The average Bonchev–Trinajstić information content (AvgIpc) is 2.84. The van der Waals surface area contributed by atoms with Crippen molar-refractivity contribution < 1.29 is 9.21 Å². The van der Waals surface area contributed by atoms with Crippen molar-refractivity contribution in [3.8, 4) is 0 Å². The van der Waals surface area contributed by atoms with Crippen LogP contribution in [0.4, 0.5) is 0 Å². The first-order valence-electron chi connectivity index (χ1n) is 6.92. The molecule has 4 nitrogen and oxygen atoms in total. The summed E-state index contributed by atoms with van der Waals surface area (Å²) in [5.74, 6) is 0.275. The average molecular weight is 276 g/mol. The van der Waals surface area contributed by atoms with Crippen molar-refractivity contribution in [3.63, 3.8) is 0 Å². The molecule has 2 aromatic rings. The van der Waals surface area contributed by atoms with Gasteiger partial charge in [-0.2, -0.15) is 0 Å². The molecule has 0 aliphatic carbocycles. The van der Waals surface area contributed by atoms with E-state index in [1.54, 1.807) is 14.1 Å². The second-order valence-corrected chi connectivity index (χ2v) is 4.68. The minimum absolute atomic E-state index is 0.112. The predicted molar refractivity (Wildman–Crippen MR) is 83.1 cm³/mol. The fraction of sp³-hybridized carbons (Fsp3) is 0.438. The van der Waals surface area contributed by atoms with E-state index in [4.69, 9.17) is 4.42 Å². The standard InChI is InChI=1S/C14H18N2O2.C2H6/c1-9-5-10-7-12(14(17)16(3)4)18-13(10)11(6-9)8-15-2;1-2/h5-7,15H,8H2,1-4H3;1-2H3. The van der Waals surface area contributed by atoms with Crippen LogP contribution < -0.4 is 5.32 Å². The van der Waals surface area contributed by atoms with Crippen molar-refractivity contribution in [3.05, 3.63) is 35.1 Å². The molecule has 0 aliphatic rings. The van der Waals surface area contributed by atoms with Crippen LogP contribution in [0, 0.1) is 6.92 Å². The third-order valence-electron chi connectivity index (χ3n) is 2.82. The van der Waals surface area contributed by atoms with Crippen LogP contribution in [-0.2, 0) is 6.54 Å². The number of fused-ring (bicyclic) bond motifs is 1. The Morgan fingerprint density at radius 3 is 2.45 bits per heavy atom. The van der Waals surface area contributed by atoms with Crippen molar-refractivity contribution in [2.75, 3.05) is 21.1 Å². The number of nitrogens with one attached hydrogen (secondary N) is 1. The van der Waals surface area contributed by atoms with Crippen LogP contribution >= 0.6 is 0 Å². The van der Waals surface area contributed by atoms with Gasteiger partial charge in [-0.25, -0.2) is 0 Å². The summed E-state index contributed by atoms with van der Waals surface area (Å²) in [5, 5.41) is 4.09. The number of aryl methyl sites for hydroxylation is 1. The number of amides is 1. The summed E-state index contributed by atoms with van der Waals surface area (Å²) in [6, 6.07) is 5.92. The highest BCUT2D eigenvalue weighted by Crippen LogP contribution is 2.25. The topological polar surface area (TPSA) is 45.5 Å². The second-order valence-electron chi connectivity index (χ2n) is 4.68. The lowest BCUT2D eigenvalue weighted by Gasteiger charge is -2.06. The Bertz CT molecular complexity index is 585. The van der Waals surface area contributed by atoms with Crippen molar-refractivity contribution in [1.29, 1.82) is 0 Å². The summed E-state index contributed by atoms with van der Waals surface area (Å²) in [4.78, 5) is 13.4. The van der Waals surface area contributed by atoms with E-state index in [0.29, 0.717) is 5.76 Å². The smallest absolute Gasteiger partial charge is 0.289 e. The zero-order valence-electron chi connectivity index (χ0n) is 13.2. The van der Waals surface area contributed by atoms with Gasteiger partial charge in [0.05, 0.1) is 0 Å². The lowest BCUT2D eigenvalue weighted by atomic mass is 10.1. The van der Waals surface area contributed by atoms with E-state index in [9.17, 15) is 4.79 Å². The summed E-state index contributed by atoms with van der Waals surface area (Å²) in [6.45, 7) is 6.76. The molecule has 0 unspecified atom stereocenters. The molecule has 0 spiro atoms. The fourth-order valence-corrected chi connectivity index (χ4v) is 2.04. The van der Waals surface area contributed by atoms with Crippen molar-refractivity contribution in [2.45, 2.75) is 27.3 Å². The van der Waals surface area contributed by atoms with Gasteiger partial charge in [-0.15, -0.1) is 0 Å². The number of benzene rings is 1. The van der Waals surface area contributed by atoms with Crippen LogP contribution in [0.5, 0.6) is 0 Å². The van der Waals surface area contributed by atoms with E-state index in [2.05, 4.69) is 11.4 Å². The van der Waals surface area contributed by atoms with E-state index in [0.717, 1.165) is 28.6 Å². The number of hydrogen-bond donors (Lipinski definition) is 1. The van der Waals surface area contributed by atoms with E-state index in [1.807, 2.05) is 40.0 Å². The Morgan fingerprint density at radius 2 is 1.90 bits per heavy atom. The number of carbonyl (C=O) groups is 1. The van der Waals surface area contributed by atoms with Crippen LogP contribution in [0.1, 0.15) is 35.5 Å². The molecular formula is C16H24N2O2. The first-order valence-corrected chi connectivity index (χ1v) is 6.92. The highest BCUT2D eigenvalue weighted by atomic mass is 16.3. The Morgan fingerprint density at radius 1 is 1.25 bits per heavy atom. The SMILES string of the molecule is CC.CNCc1cc(C)cc2cc(C(=O)N(C)C)oc12. The molecule has 0 saturated heterocycles. The maximum Gasteiger partial charge on any atom is 0.289 e. The van der Waals surface area contributed by atoms with Gasteiger partial charge >= 0.3 is 0 Å². The van der Waals surface area contributed by atoms with Gasteiger partial charge in [0.2, 0.25) is 0 Å². The molecule has 0 saturated carbocycles. The molecule has 110 valence electrons. The zero-order valence-corrected chi connectivity index (χ0v) is 13.2. The molecular weight excluding hydrogens is 252 g/mol. The maximum absolute atomic E-state index is 11.9. The van der Waals surface area contributed by atoms with Gasteiger partial charge in [0.25, 0.3) is 5.91 Å². The van der Waals surface area contributed by atoms with Crippen LogP contribution in [0.2, 0.25) is 0 Å². The van der Waals surface area contributed by atoms with Crippen LogP contribution in [0.25, 0.3) is 11.0 Å². The minimum atomic E-state index is -0.112. The van der Waals surface area contributed by atoms with E-state index in [1.165, 1.54) is 4.90 Å². The van der Waals surface area contributed by atoms with Gasteiger partial charge in [0, 0.05) is 31.6 Å². The molecule has 2 rings (SSSR count). The minimum Gasteiger partial charge on any atom is -0.451 e. The molecule has 0 atom stereocenters. The van der Waals surface area contributed by atoms with Crippen LogP contribution in [-0.4, -0.2) is 32.0 Å². The van der Waals surface area contributed by atoms with E-state index < -0.39 is 0 Å². The monoisotopic (exact) mass is 276 g/mol. The Kier molecular flexibility index (Phi) is 5.77. The van der Waals surface area contributed by atoms with Crippen molar-refractivity contribution in [2.24, 2.45) is 0 Å². The Hall–Kier alpha value is -1.81. The number of furan rings is 1. The quantitative estimate of drug-likeness (QED) is 0.936. The van der Waals surface area contributed by atoms with Gasteiger partial charge < -0.3 is 14.6 Å². The number of carbonyl (C=O) groups excluding carboxylic acids is 1. The predicted octanol–water partition coefficient (Wildman–Crippen LogP) is 3.19. The molecule has 1 N–H and O–H groups in total. The molecule has 1 aromatic carbocycles.